The third-order valence-electron chi connectivity index (χ3n) is 25.3. The van der Waals surface area contributed by atoms with Gasteiger partial charge in [0.05, 0.1) is 48.4 Å². The van der Waals surface area contributed by atoms with Crippen molar-refractivity contribution in [2.24, 2.45) is 29.2 Å². The first-order valence-corrected chi connectivity index (χ1v) is 42.3. The fourth-order valence-electron chi connectivity index (χ4n) is 18.1. The molecule has 672 valence electrons. The van der Waals surface area contributed by atoms with Crippen LogP contribution in [0.25, 0.3) is 22.3 Å². The highest BCUT2D eigenvalue weighted by Gasteiger charge is 2.55. The lowest BCUT2D eigenvalue weighted by molar-refractivity contribution is -0.338. The Morgan fingerprint density at radius 2 is 1.34 bits per heavy atom. The molecule has 0 spiro atoms. The van der Waals surface area contributed by atoms with Gasteiger partial charge in [-0.3, -0.25) is 38.5 Å². The van der Waals surface area contributed by atoms with Crippen molar-refractivity contribution in [3.8, 4) is 56.8 Å². The van der Waals surface area contributed by atoms with Gasteiger partial charge in [-0.1, -0.05) is 99.1 Å². The van der Waals surface area contributed by atoms with E-state index in [0.29, 0.717) is 24.4 Å². The highest BCUT2D eigenvalue weighted by atomic mass is 35.5. The van der Waals surface area contributed by atoms with Crippen LogP contribution in [0.15, 0.2) is 133 Å². The van der Waals surface area contributed by atoms with Gasteiger partial charge in [-0.15, -0.1) is 0 Å². The number of hydrogen-bond donors (Lipinski definition) is 16. The molecule has 1 aliphatic carbocycles. The Kier molecular flexibility index (Phi) is 26.8. The van der Waals surface area contributed by atoms with Gasteiger partial charge >= 0.3 is 5.97 Å². The van der Waals surface area contributed by atoms with Gasteiger partial charge in [0.2, 0.25) is 47.4 Å². The van der Waals surface area contributed by atoms with E-state index in [1.807, 2.05) is 62.2 Å². The number of ether oxygens (including phenoxy) is 8. The molecular weight excluding hydrogens is 1650 g/mol. The molecule has 7 aromatic rings. The standard InChI is InChI=1S/C92H106ClN7O26/c1-10-46(27-41(2)3)84(111)98-74-62(103)30-53(33-68(94)105)85(112)96-72-52-31-65(121-56-23-17-49(18-24-56)76(74)106)80(126-89-81(78(108)77(107)67(40-101)123-89)125-70-38-91(8,83(110)44(6)120-70)100(9)39-45-11-13-47(14-12-45)48-15-21-54(93)22-16-48)66(32-52)122-64-26-20-51(28-42(64)4)79(124-69-37-90(7,95)82(109)43(5)119-69)75-87(114)97-73(88(115)116)59-34-55(102)35-61-71(59)58-29-50(19-25-60(58)92(61,117)118)57(36-63(72)104)86(113)99-75/h11-26,28-29,31-32,34-35,41,43-44,46,53,57,67,69-70,72-79,81-83,89,101-102,106-110,117-118H,10,27,30,33,36-40,95H2,1-9H3,(H2,94,105)(H,96,112)(H,97,114)(H,98,111)(H,99,113)(H,115,116)/t43-,44-,46+,53-,57+,67?,69-,70-,72+,73-,74-,75-,76+,77+,78?,79+,81?,82-,83-,89-,90?,91?/m0/s1. The van der Waals surface area contributed by atoms with Gasteiger partial charge in [-0.05, 0) is 188 Å². The molecule has 126 heavy (non-hydrogen) atoms. The molecule has 34 heteroatoms. The Hall–Kier alpha value is -10.4. The molecule has 18 N–H and O–H groups in total. The normalized spacial score (nSPS) is 30.5. The third-order valence-corrected chi connectivity index (χ3v) is 25.6. The molecule has 3 fully saturated rings. The number of fused-ring (bicyclic) bond motifs is 12. The maximum absolute atomic E-state index is 16.8. The van der Waals surface area contributed by atoms with Crippen molar-refractivity contribution in [1.29, 1.82) is 0 Å². The smallest absolute Gasteiger partial charge is 0.330 e. The molecule has 0 saturated carbocycles. The fraction of sp³-hybridized carbons (Fsp3) is 0.457. The summed E-state index contributed by atoms with van der Waals surface area (Å²) >= 11 is 6.20. The van der Waals surface area contributed by atoms with Gasteiger partial charge < -0.3 is 122 Å². The summed E-state index contributed by atoms with van der Waals surface area (Å²) in [4.78, 5) is 124. The summed E-state index contributed by atoms with van der Waals surface area (Å²) in [6, 6.07) is 24.8. The van der Waals surface area contributed by atoms with E-state index in [2.05, 4.69) is 21.3 Å². The number of aliphatic hydroxyl groups is 8. The Bertz CT molecular complexity index is 5310. The predicted molar refractivity (Wildman–Crippen MR) is 450 cm³/mol. The van der Waals surface area contributed by atoms with Crippen LogP contribution < -0.4 is 46.9 Å². The van der Waals surface area contributed by atoms with Gasteiger partial charge in [0.1, 0.15) is 65.9 Å². The van der Waals surface area contributed by atoms with Crippen LogP contribution >= 0.6 is 11.6 Å². The van der Waals surface area contributed by atoms with Crippen LogP contribution in [0, 0.1) is 24.7 Å². The van der Waals surface area contributed by atoms with Crippen molar-refractivity contribution in [1.82, 2.24) is 26.2 Å². The number of carbonyl (C=O) groups excluding carboxylic acids is 7. The molecule has 33 nitrogen and oxygen atoms in total. The minimum Gasteiger partial charge on any atom is -0.508 e. The summed E-state index contributed by atoms with van der Waals surface area (Å²) < 4.78 is 53.8. The van der Waals surface area contributed by atoms with Crippen molar-refractivity contribution in [2.45, 2.75) is 234 Å². The summed E-state index contributed by atoms with van der Waals surface area (Å²) in [5.41, 5.74) is 11.0. The summed E-state index contributed by atoms with van der Waals surface area (Å²) in [5, 5.41) is 130. The zero-order valence-electron chi connectivity index (χ0n) is 70.7. The minimum atomic E-state index is -3.01. The van der Waals surface area contributed by atoms with E-state index >= 15 is 24.0 Å². The maximum Gasteiger partial charge on any atom is 0.330 e. The lowest BCUT2D eigenvalue weighted by Gasteiger charge is -2.51. The number of nitrogens with two attached hydrogens (primary N) is 2. The molecule has 5 unspecified atom stereocenters. The number of hydrogen-bond acceptors (Lipinski definition) is 27. The number of halogens is 1. The maximum atomic E-state index is 16.8. The topological polar surface area (TPSA) is 516 Å². The molecule has 8 heterocycles. The number of amides is 5. The predicted octanol–water partition coefficient (Wildman–Crippen LogP) is 6.34. The third kappa shape index (κ3) is 18.7. The van der Waals surface area contributed by atoms with E-state index in [9.17, 15) is 65.4 Å². The number of primary amides is 1. The number of phenolic OH excluding ortho intramolecular Hbond substituents is 1. The molecule has 7 aromatic carbocycles. The monoisotopic (exact) mass is 1760 g/mol. The van der Waals surface area contributed by atoms with Gasteiger partial charge in [-0.2, -0.15) is 0 Å². The number of carbonyl (C=O) groups is 8. The molecule has 11 bridgehead atoms. The molecule has 22 atom stereocenters. The summed E-state index contributed by atoms with van der Waals surface area (Å²) in [6.45, 7) is 12.9. The molecule has 0 aromatic heterocycles. The zero-order valence-corrected chi connectivity index (χ0v) is 71.4. The number of ketones is 2. The van der Waals surface area contributed by atoms with Gasteiger partial charge in [-0.25, -0.2) is 4.79 Å². The van der Waals surface area contributed by atoms with Crippen LogP contribution in [0.3, 0.4) is 0 Å². The Morgan fingerprint density at radius 1 is 0.698 bits per heavy atom. The number of aromatic hydroxyl groups is 1. The number of nitrogens with zero attached hydrogens (tertiary/aromatic N) is 1. The van der Waals surface area contributed by atoms with E-state index in [4.69, 9.17) is 61.0 Å². The van der Waals surface area contributed by atoms with Crippen LogP contribution in [0.4, 0.5) is 0 Å². The van der Waals surface area contributed by atoms with Crippen LogP contribution in [-0.4, -0.2) is 208 Å². The number of rotatable bonds is 19. The van der Waals surface area contributed by atoms with Gasteiger partial charge in [0.25, 0.3) is 0 Å². The molecule has 5 amide bonds. The molecule has 16 rings (SSSR count). The van der Waals surface area contributed by atoms with Crippen LogP contribution in [0.5, 0.6) is 34.5 Å². The first kappa shape index (κ1) is 91.8. The van der Waals surface area contributed by atoms with E-state index in [-0.39, 0.29) is 80.3 Å². The van der Waals surface area contributed by atoms with Crippen LogP contribution in [0.2, 0.25) is 5.02 Å². The Balaban J connectivity index is 0.962. The highest BCUT2D eigenvalue weighted by molar-refractivity contribution is 6.30. The van der Waals surface area contributed by atoms with E-state index in [1.165, 1.54) is 93.6 Å². The van der Waals surface area contributed by atoms with Gasteiger partial charge in [0.15, 0.2) is 47.8 Å². The Labute approximate surface area is 730 Å². The van der Waals surface area contributed by atoms with Crippen molar-refractivity contribution in [2.75, 3.05) is 13.7 Å². The number of carboxylic acids is 1. The number of likely N-dealkylation sites (N-methyl/N-ethyl adjacent to an activating group) is 1. The average molecular weight is 1760 g/mol. The second-order valence-corrected chi connectivity index (χ2v) is 35.4. The highest BCUT2D eigenvalue weighted by Crippen LogP contribution is 2.54. The number of phenols is 1. The molecule has 9 aliphatic rings. The summed E-state index contributed by atoms with van der Waals surface area (Å²) in [7, 11) is 1.81. The number of aliphatic carboxylic acids is 1. The number of aliphatic hydroxyl groups excluding tert-OH is 6. The van der Waals surface area contributed by atoms with Crippen molar-refractivity contribution in [3.63, 3.8) is 0 Å². The first-order valence-electron chi connectivity index (χ1n) is 41.9. The van der Waals surface area contributed by atoms with Crippen molar-refractivity contribution < 1.29 is 127 Å². The van der Waals surface area contributed by atoms with E-state index in [1.54, 1.807) is 32.9 Å². The van der Waals surface area contributed by atoms with Crippen molar-refractivity contribution in [3.05, 3.63) is 189 Å². The van der Waals surface area contributed by atoms with E-state index in [0.717, 1.165) is 28.8 Å². The first-order chi connectivity index (χ1) is 59.6. The zero-order chi connectivity index (χ0) is 90.8. The van der Waals surface area contributed by atoms with E-state index < -0.39 is 240 Å². The SMILES string of the molecule is CC[C@H](CC(C)C)C(=O)N[C@H]1C(=O)C[C@@H](CC(N)=O)C(=O)N[C@H]2C(=O)C[C@H]3C(=O)N[C@H](C(=O)N[C@H](C(=O)O)c4cc(O)cc5c4-c4cc3ccc4C5(O)O)[C@H](O[C@H]3CC(C)(N)[C@@H](O)[C@H](C)O3)c3ccc(c(C)c3)Oc3cc2cc(c3O[C@@H]2OC(CO)[C@@H](O)C(O)C2O[C@H]2CC(C)(N(C)Cc3ccc(-c4ccc(Cl)cc4)cc3)[C@@H](O)[C@H](C)O2)Oc2ccc(cc2)[C@H]1O. The molecule has 0 radical (unpaired) electrons. The summed E-state index contributed by atoms with van der Waals surface area (Å²) in [5.74, 6) is -19.0. The van der Waals surface area contributed by atoms with Crippen LogP contribution in [0.1, 0.15) is 174 Å². The number of aryl methyl sites for hydroxylation is 1. The second-order valence-electron chi connectivity index (χ2n) is 35.0. The average Bonchev–Trinajstić information content (AvgIpc) is 1.56. The van der Waals surface area contributed by atoms with Crippen LogP contribution in [-0.2, 0) is 74.4 Å². The molecular formula is C92H106ClN7O26. The lowest BCUT2D eigenvalue weighted by atomic mass is 9.83. The fourth-order valence-corrected chi connectivity index (χ4v) is 18.3. The Morgan fingerprint density at radius 3 is 1.98 bits per heavy atom. The van der Waals surface area contributed by atoms with Crippen molar-refractivity contribution >= 4 is 58.7 Å². The number of benzene rings is 7. The number of carboxylic acid groups (broad SMARTS) is 1. The minimum absolute atomic E-state index is 0.00950. The largest absolute Gasteiger partial charge is 0.508 e. The lowest BCUT2D eigenvalue weighted by Crippen LogP contribution is -2.65. The molecule has 3 saturated heterocycles. The molecule has 8 aliphatic heterocycles. The number of nitrogens with one attached hydrogen (secondary N) is 4. The second kappa shape index (κ2) is 36.7. The quantitative estimate of drug-likeness (QED) is 0.0393. The summed E-state index contributed by atoms with van der Waals surface area (Å²) in [6.07, 6.45) is -23.1. The number of Topliss-reactive ketones (excluding diaryl/α,β-unsaturated/α-hetero) is 2. The van der Waals surface area contributed by atoms with Gasteiger partial charge in [0, 0.05) is 66.3 Å².